The van der Waals surface area contributed by atoms with Gasteiger partial charge in [-0.15, -0.1) is 6.58 Å². The summed E-state index contributed by atoms with van der Waals surface area (Å²) >= 11 is 0. The Labute approximate surface area is 109 Å². The molecule has 0 amide bonds. The van der Waals surface area contributed by atoms with Gasteiger partial charge in [-0.25, -0.2) is 0 Å². The Balaban J connectivity index is 1.82. The van der Waals surface area contributed by atoms with Crippen molar-refractivity contribution in [1.82, 2.24) is 15.5 Å². The van der Waals surface area contributed by atoms with E-state index in [4.69, 9.17) is 0 Å². The van der Waals surface area contributed by atoms with Crippen molar-refractivity contribution in [1.29, 1.82) is 0 Å². The normalized spacial score (nSPS) is 25.7. The van der Waals surface area contributed by atoms with Gasteiger partial charge < -0.3 is 10.6 Å². The van der Waals surface area contributed by atoms with Crippen LogP contribution in [-0.2, 0) is 6.54 Å². The van der Waals surface area contributed by atoms with E-state index < -0.39 is 0 Å². The first-order chi connectivity index (χ1) is 8.90. The van der Waals surface area contributed by atoms with Gasteiger partial charge in [0.2, 0.25) is 0 Å². The van der Waals surface area contributed by atoms with Gasteiger partial charge in [0.15, 0.2) is 0 Å². The fourth-order valence-electron chi connectivity index (χ4n) is 3.11. The highest BCUT2D eigenvalue weighted by Gasteiger charge is 2.31. The van der Waals surface area contributed by atoms with Crippen molar-refractivity contribution in [2.75, 3.05) is 26.2 Å². The van der Waals surface area contributed by atoms with Crippen molar-refractivity contribution in [2.24, 2.45) is 0 Å². The highest BCUT2D eigenvalue weighted by atomic mass is 15.2. The Hall–Kier alpha value is -1.16. The summed E-state index contributed by atoms with van der Waals surface area (Å²) in [6.45, 7) is 9.42. The van der Waals surface area contributed by atoms with Gasteiger partial charge in [0.25, 0.3) is 0 Å². The van der Waals surface area contributed by atoms with Crippen molar-refractivity contribution in [3.63, 3.8) is 0 Å². The van der Waals surface area contributed by atoms with Gasteiger partial charge in [-0.1, -0.05) is 30.3 Å². The molecule has 0 aliphatic carbocycles. The fraction of sp³-hybridized carbons (Fsp3) is 0.467. The Morgan fingerprint density at radius 2 is 2.06 bits per heavy atom. The lowest BCUT2D eigenvalue weighted by molar-refractivity contribution is 0.173. The second kappa shape index (κ2) is 5.22. The minimum atomic E-state index is 0.399. The molecule has 1 aromatic rings. The minimum Gasteiger partial charge on any atom is -0.314 e. The summed E-state index contributed by atoms with van der Waals surface area (Å²) in [4.78, 5) is 2.53. The first-order valence-electron chi connectivity index (χ1n) is 6.78. The predicted octanol–water partition coefficient (Wildman–Crippen LogP) is 1.29. The van der Waals surface area contributed by atoms with Crippen LogP contribution in [0.15, 0.2) is 36.9 Å². The summed E-state index contributed by atoms with van der Waals surface area (Å²) in [6.07, 6.45) is 2.10. The molecule has 1 aromatic carbocycles. The van der Waals surface area contributed by atoms with Crippen molar-refractivity contribution >= 4 is 0 Å². The summed E-state index contributed by atoms with van der Waals surface area (Å²) in [5, 5.41) is 7.04. The predicted molar refractivity (Wildman–Crippen MR) is 74.5 cm³/mol. The van der Waals surface area contributed by atoms with Gasteiger partial charge in [-0.3, -0.25) is 4.90 Å². The Morgan fingerprint density at radius 3 is 2.83 bits per heavy atom. The third kappa shape index (κ3) is 2.09. The van der Waals surface area contributed by atoms with Crippen LogP contribution >= 0.6 is 0 Å². The van der Waals surface area contributed by atoms with Crippen molar-refractivity contribution in [3.8, 4) is 0 Å². The van der Waals surface area contributed by atoms with Crippen LogP contribution in [0.1, 0.15) is 17.2 Å². The molecular weight excluding hydrogens is 222 g/mol. The van der Waals surface area contributed by atoms with Crippen LogP contribution in [0, 0.1) is 0 Å². The molecule has 2 heterocycles. The number of rotatable bonds is 3. The molecule has 0 bridgehead atoms. The summed E-state index contributed by atoms with van der Waals surface area (Å²) < 4.78 is 0. The van der Waals surface area contributed by atoms with E-state index >= 15 is 0 Å². The molecule has 0 radical (unpaired) electrons. The van der Waals surface area contributed by atoms with Gasteiger partial charge in [0.05, 0.1) is 6.04 Å². The van der Waals surface area contributed by atoms with E-state index in [9.17, 15) is 0 Å². The van der Waals surface area contributed by atoms with Crippen LogP contribution in [0.2, 0.25) is 0 Å². The van der Waals surface area contributed by atoms with Gasteiger partial charge in [-0.05, 0) is 11.1 Å². The first-order valence-corrected chi connectivity index (χ1v) is 6.78. The van der Waals surface area contributed by atoms with Crippen molar-refractivity contribution in [2.45, 2.75) is 18.6 Å². The minimum absolute atomic E-state index is 0.399. The Bertz CT molecular complexity index is 424. The number of fused-ring (bicyclic) bond motifs is 1. The lowest BCUT2D eigenvalue weighted by atomic mass is 9.97. The number of benzene rings is 1. The van der Waals surface area contributed by atoms with Gasteiger partial charge in [-0.2, -0.15) is 0 Å². The second-order valence-corrected chi connectivity index (χ2v) is 5.07. The number of hydrogen-bond acceptors (Lipinski definition) is 3. The van der Waals surface area contributed by atoms with Crippen LogP contribution in [0.25, 0.3) is 0 Å². The molecule has 1 fully saturated rings. The average molecular weight is 243 g/mol. The zero-order valence-corrected chi connectivity index (χ0v) is 10.7. The van der Waals surface area contributed by atoms with Crippen LogP contribution in [0.3, 0.4) is 0 Å². The van der Waals surface area contributed by atoms with Gasteiger partial charge >= 0.3 is 0 Å². The molecule has 2 unspecified atom stereocenters. The van der Waals surface area contributed by atoms with E-state index in [1.165, 1.54) is 11.1 Å². The molecule has 3 rings (SSSR count). The maximum absolute atomic E-state index is 4.05. The maximum Gasteiger partial charge on any atom is 0.0520 e. The molecule has 2 N–H and O–H groups in total. The number of piperazine rings is 1. The number of nitrogens with one attached hydrogen (secondary N) is 2. The van der Waals surface area contributed by atoms with E-state index in [1.54, 1.807) is 0 Å². The van der Waals surface area contributed by atoms with Crippen LogP contribution in [-0.4, -0.2) is 37.1 Å². The number of hydrogen-bond donors (Lipinski definition) is 2. The molecule has 3 nitrogen and oxygen atoms in total. The topological polar surface area (TPSA) is 27.3 Å². The third-order valence-electron chi connectivity index (χ3n) is 4.06. The summed E-state index contributed by atoms with van der Waals surface area (Å²) in [5.74, 6) is 0. The molecule has 2 atom stereocenters. The number of nitrogens with zero attached hydrogens (tertiary/aromatic N) is 1. The molecule has 96 valence electrons. The van der Waals surface area contributed by atoms with E-state index in [0.717, 1.165) is 32.7 Å². The Morgan fingerprint density at radius 1 is 1.28 bits per heavy atom. The summed E-state index contributed by atoms with van der Waals surface area (Å²) in [7, 11) is 0. The average Bonchev–Trinajstić information content (AvgIpc) is 2.85. The first kappa shape index (κ1) is 11.9. The highest BCUT2D eigenvalue weighted by molar-refractivity contribution is 5.35. The Kier molecular flexibility index (Phi) is 3.46. The largest absolute Gasteiger partial charge is 0.314 e. The van der Waals surface area contributed by atoms with Crippen LogP contribution < -0.4 is 10.6 Å². The summed E-state index contributed by atoms with van der Waals surface area (Å²) in [5.41, 5.74) is 2.88. The third-order valence-corrected chi connectivity index (χ3v) is 4.06. The quantitative estimate of drug-likeness (QED) is 0.783. The molecule has 18 heavy (non-hydrogen) atoms. The van der Waals surface area contributed by atoms with Crippen molar-refractivity contribution < 1.29 is 0 Å². The van der Waals surface area contributed by atoms with E-state index in [1.807, 2.05) is 0 Å². The second-order valence-electron chi connectivity index (χ2n) is 5.07. The molecule has 0 saturated carbocycles. The zero-order chi connectivity index (χ0) is 12.4. The van der Waals surface area contributed by atoms with E-state index in [0.29, 0.717) is 12.1 Å². The SMILES string of the molecule is C=CC(C1NCc2ccccc21)N1CCNCC1. The van der Waals surface area contributed by atoms with Crippen molar-refractivity contribution in [3.05, 3.63) is 48.0 Å². The molecule has 0 aromatic heterocycles. The zero-order valence-electron chi connectivity index (χ0n) is 10.7. The van der Waals surface area contributed by atoms with E-state index in [2.05, 4.69) is 52.5 Å². The van der Waals surface area contributed by atoms with E-state index in [-0.39, 0.29) is 0 Å². The van der Waals surface area contributed by atoms with Crippen LogP contribution in [0.5, 0.6) is 0 Å². The molecule has 3 heteroatoms. The smallest absolute Gasteiger partial charge is 0.0520 e. The lowest BCUT2D eigenvalue weighted by Crippen LogP contribution is -2.50. The monoisotopic (exact) mass is 243 g/mol. The molecule has 2 aliphatic rings. The highest BCUT2D eigenvalue weighted by Crippen LogP contribution is 2.30. The van der Waals surface area contributed by atoms with Crippen LogP contribution in [0.4, 0.5) is 0 Å². The van der Waals surface area contributed by atoms with Gasteiger partial charge in [0.1, 0.15) is 0 Å². The lowest BCUT2D eigenvalue weighted by Gasteiger charge is -2.36. The molecule has 2 aliphatic heterocycles. The molecule has 0 spiro atoms. The maximum atomic E-state index is 4.05. The molecular formula is C15H21N3. The summed E-state index contributed by atoms with van der Waals surface area (Å²) in [6, 6.07) is 9.53. The molecule has 1 saturated heterocycles. The van der Waals surface area contributed by atoms with Gasteiger partial charge in [0, 0.05) is 38.8 Å². The fourth-order valence-corrected chi connectivity index (χ4v) is 3.11. The standard InChI is InChI=1S/C15H21N3/c1-2-14(18-9-7-16-8-10-18)15-13-6-4-3-5-12(13)11-17-15/h2-6,14-17H,1,7-11H2.